The van der Waals surface area contributed by atoms with Gasteiger partial charge in [-0.05, 0) is 12.3 Å². The van der Waals surface area contributed by atoms with Crippen LogP contribution in [-0.2, 0) is 13.0 Å². The van der Waals surface area contributed by atoms with Crippen LogP contribution in [0, 0.1) is 5.92 Å². The molecular formula is C15H23Cl2N3. The van der Waals surface area contributed by atoms with E-state index in [-0.39, 0.29) is 24.8 Å². The average molecular weight is 316 g/mol. The van der Waals surface area contributed by atoms with Gasteiger partial charge in [0.25, 0.3) is 0 Å². The molecule has 0 saturated carbocycles. The Balaban J connectivity index is 0.00000180. The maximum absolute atomic E-state index is 5.66. The van der Waals surface area contributed by atoms with Gasteiger partial charge >= 0.3 is 0 Å². The Morgan fingerprint density at radius 3 is 2.35 bits per heavy atom. The van der Waals surface area contributed by atoms with E-state index in [1.165, 1.54) is 11.3 Å². The first-order chi connectivity index (χ1) is 8.72. The van der Waals surface area contributed by atoms with Crippen LogP contribution >= 0.6 is 24.8 Å². The second-order valence-corrected chi connectivity index (χ2v) is 4.99. The molecule has 5 heteroatoms. The number of benzene rings is 1. The number of halogens is 2. The molecule has 0 unspecified atom stereocenters. The molecule has 0 amide bonds. The molecule has 20 heavy (non-hydrogen) atoms. The van der Waals surface area contributed by atoms with Gasteiger partial charge in [-0.2, -0.15) is 0 Å². The summed E-state index contributed by atoms with van der Waals surface area (Å²) >= 11 is 0. The number of aromatic nitrogens is 2. The van der Waals surface area contributed by atoms with E-state index in [0.717, 1.165) is 18.7 Å². The summed E-state index contributed by atoms with van der Waals surface area (Å²) in [5, 5.41) is 0. The molecule has 0 radical (unpaired) electrons. The lowest BCUT2D eigenvalue weighted by Gasteiger charge is -2.11. The Hall–Kier alpha value is -1.03. The normalized spacial score (nSPS) is 10.0. The fourth-order valence-electron chi connectivity index (χ4n) is 2.18. The fourth-order valence-corrected chi connectivity index (χ4v) is 2.18. The summed E-state index contributed by atoms with van der Waals surface area (Å²) in [4.78, 5) is 4.57. The monoisotopic (exact) mass is 315 g/mol. The molecule has 1 aromatic carbocycles. The van der Waals surface area contributed by atoms with Crippen LogP contribution in [0.2, 0.25) is 0 Å². The van der Waals surface area contributed by atoms with Crippen LogP contribution in [0.25, 0.3) is 11.3 Å². The second kappa shape index (κ2) is 9.01. The molecular weight excluding hydrogens is 293 g/mol. The topological polar surface area (TPSA) is 43.8 Å². The first-order valence-corrected chi connectivity index (χ1v) is 6.52. The molecule has 2 aromatic rings. The summed E-state index contributed by atoms with van der Waals surface area (Å²) in [5.74, 6) is 0.612. The van der Waals surface area contributed by atoms with Crippen molar-refractivity contribution in [3.63, 3.8) is 0 Å². The highest BCUT2D eigenvalue weighted by Gasteiger charge is 2.13. The highest BCUT2D eigenvalue weighted by Crippen LogP contribution is 2.24. The van der Waals surface area contributed by atoms with Crippen molar-refractivity contribution in [1.82, 2.24) is 9.55 Å². The lowest BCUT2D eigenvalue weighted by molar-refractivity contribution is 0.589. The molecule has 0 saturated heterocycles. The first-order valence-electron chi connectivity index (χ1n) is 6.52. The summed E-state index contributed by atoms with van der Waals surface area (Å²) in [6.07, 6.45) is 2.94. The van der Waals surface area contributed by atoms with E-state index >= 15 is 0 Å². The molecule has 0 fully saturated rings. The summed E-state index contributed by atoms with van der Waals surface area (Å²) < 4.78 is 2.18. The number of nitrogens with zero attached hydrogens (tertiary/aromatic N) is 2. The van der Waals surface area contributed by atoms with Gasteiger partial charge in [-0.3, -0.25) is 0 Å². The molecule has 112 valence electrons. The maximum Gasteiger partial charge on any atom is 0.0956 e. The summed E-state index contributed by atoms with van der Waals surface area (Å²) in [7, 11) is 0. The van der Waals surface area contributed by atoms with Crippen LogP contribution in [0.5, 0.6) is 0 Å². The van der Waals surface area contributed by atoms with Crippen LogP contribution < -0.4 is 5.73 Å². The molecule has 0 bridgehead atoms. The van der Waals surface area contributed by atoms with Gasteiger partial charge in [0, 0.05) is 24.3 Å². The smallest absolute Gasteiger partial charge is 0.0956 e. The minimum atomic E-state index is 0. The SMILES string of the molecule is CC(C)Cc1c(-c2ccccc2)ncn1CCN.Cl.Cl. The van der Waals surface area contributed by atoms with Crippen molar-refractivity contribution in [1.29, 1.82) is 0 Å². The molecule has 2 N–H and O–H groups in total. The molecule has 1 heterocycles. The molecule has 2 rings (SSSR count). The lowest BCUT2D eigenvalue weighted by atomic mass is 10.0. The molecule has 3 nitrogen and oxygen atoms in total. The third-order valence-electron chi connectivity index (χ3n) is 2.97. The molecule has 0 aliphatic rings. The number of hydrogen-bond acceptors (Lipinski definition) is 2. The van der Waals surface area contributed by atoms with Crippen LogP contribution in [-0.4, -0.2) is 16.1 Å². The van der Waals surface area contributed by atoms with Crippen LogP contribution in [0.3, 0.4) is 0 Å². The van der Waals surface area contributed by atoms with Crippen molar-refractivity contribution >= 4 is 24.8 Å². The van der Waals surface area contributed by atoms with E-state index in [2.05, 4.69) is 47.7 Å². The third-order valence-corrected chi connectivity index (χ3v) is 2.97. The van der Waals surface area contributed by atoms with Gasteiger partial charge in [-0.1, -0.05) is 44.2 Å². The Kier molecular flexibility index (Phi) is 8.54. The highest BCUT2D eigenvalue weighted by molar-refractivity contribution is 5.85. The van der Waals surface area contributed by atoms with Crippen molar-refractivity contribution in [2.24, 2.45) is 11.7 Å². The van der Waals surface area contributed by atoms with Gasteiger partial charge in [-0.15, -0.1) is 24.8 Å². The zero-order chi connectivity index (χ0) is 13.0. The quantitative estimate of drug-likeness (QED) is 0.917. The Morgan fingerprint density at radius 1 is 1.15 bits per heavy atom. The number of hydrogen-bond donors (Lipinski definition) is 1. The minimum Gasteiger partial charge on any atom is -0.333 e. The van der Waals surface area contributed by atoms with Crippen molar-refractivity contribution in [3.8, 4) is 11.3 Å². The zero-order valence-corrected chi connectivity index (χ0v) is 13.6. The Morgan fingerprint density at radius 2 is 1.80 bits per heavy atom. The van der Waals surface area contributed by atoms with E-state index in [1.54, 1.807) is 0 Å². The third kappa shape index (κ3) is 4.51. The predicted octanol–water partition coefficient (Wildman–Crippen LogP) is 3.55. The lowest BCUT2D eigenvalue weighted by Crippen LogP contribution is -2.13. The van der Waals surface area contributed by atoms with Gasteiger partial charge in [0.05, 0.1) is 12.0 Å². The van der Waals surface area contributed by atoms with Crippen molar-refractivity contribution in [2.45, 2.75) is 26.8 Å². The van der Waals surface area contributed by atoms with Crippen molar-refractivity contribution in [3.05, 3.63) is 42.4 Å². The summed E-state index contributed by atoms with van der Waals surface area (Å²) in [6.45, 7) is 5.95. The number of imidazole rings is 1. The molecule has 1 aromatic heterocycles. The van der Waals surface area contributed by atoms with E-state index in [0.29, 0.717) is 12.5 Å². The van der Waals surface area contributed by atoms with E-state index in [9.17, 15) is 0 Å². The Bertz CT molecular complexity index is 495. The minimum absolute atomic E-state index is 0. The average Bonchev–Trinajstić information content (AvgIpc) is 2.73. The molecule has 0 spiro atoms. The van der Waals surface area contributed by atoms with E-state index in [4.69, 9.17) is 5.73 Å². The first kappa shape index (κ1) is 19.0. The number of nitrogens with two attached hydrogens (primary N) is 1. The highest BCUT2D eigenvalue weighted by atomic mass is 35.5. The molecule has 0 atom stereocenters. The molecule has 0 aliphatic carbocycles. The van der Waals surface area contributed by atoms with Crippen LogP contribution in [0.15, 0.2) is 36.7 Å². The van der Waals surface area contributed by atoms with Crippen LogP contribution in [0.1, 0.15) is 19.5 Å². The van der Waals surface area contributed by atoms with Gasteiger partial charge in [-0.25, -0.2) is 4.98 Å². The van der Waals surface area contributed by atoms with Crippen molar-refractivity contribution < 1.29 is 0 Å². The predicted molar refractivity (Wildman–Crippen MR) is 89.8 cm³/mol. The maximum atomic E-state index is 5.66. The standard InChI is InChI=1S/C15H21N3.2ClH/c1-12(2)10-14-15(13-6-4-3-5-7-13)17-11-18(14)9-8-16;;/h3-7,11-12H,8-10,16H2,1-2H3;2*1H. The fraction of sp³-hybridized carbons (Fsp3) is 0.400. The number of rotatable bonds is 5. The zero-order valence-electron chi connectivity index (χ0n) is 12.0. The van der Waals surface area contributed by atoms with Gasteiger partial charge in [0.2, 0.25) is 0 Å². The van der Waals surface area contributed by atoms with E-state index < -0.39 is 0 Å². The van der Waals surface area contributed by atoms with Crippen LogP contribution in [0.4, 0.5) is 0 Å². The van der Waals surface area contributed by atoms with Gasteiger partial charge < -0.3 is 10.3 Å². The van der Waals surface area contributed by atoms with Gasteiger partial charge in [0.15, 0.2) is 0 Å². The van der Waals surface area contributed by atoms with Gasteiger partial charge in [0.1, 0.15) is 0 Å². The molecule has 0 aliphatic heterocycles. The second-order valence-electron chi connectivity index (χ2n) is 4.99. The Labute approximate surface area is 133 Å². The van der Waals surface area contributed by atoms with E-state index in [1.807, 2.05) is 12.4 Å². The van der Waals surface area contributed by atoms with Crippen molar-refractivity contribution in [2.75, 3.05) is 6.54 Å². The largest absolute Gasteiger partial charge is 0.333 e. The summed E-state index contributed by atoms with van der Waals surface area (Å²) in [5.41, 5.74) is 9.23. The summed E-state index contributed by atoms with van der Waals surface area (Å²) in [6, 6.07) is 10.4.